The number of furan rings is 1. The van der Waals surface area contributed by atoms with Crippen LogP contribution in [0.1, 0.15) is 41.3 Å². The molecule has 6 rings (SSSR count). The Bertz CT molecular complexity index is 1290. The van der Waals surface area contributed by atoms with Crippen LogP contribution in [0.4, 0.5) is 5.13 Å². The number of benzene rings is 1. The van der Waals surface area contributed by atoms with E-state index < -0.39 is 0 Å². The highest BCUT2D eigenvalue weighted by Crippen LogP contribution is 2.22. The number of rotatable bonds is 10. The van der Waals surface area contributed by atoms with Gasteiger partial charge in [-0.1, -0.05) is 12.1 Å². The number of likely N-dealkylation sites (tertiary alicyclic amines) is 1. The molecular formula is C28H35N7O2S. The van der Waals surface area contributed by atoms with Crippen molar-refractivity contribution in [3.63, 3.8) is 0 Å². The van der Waals surface area contributed by atoms with Gasteiger partial charge in [-0.3, -0.25) is 14.6 Å². The summed E-state index contributed by atoms with van der Waals surface area (Å²) >= 11 is 1.69. The van der Waals surface area contributed by atoms with Crippen molar-refractivity contribution in [1.29, 1.82) is 0 Å². The van der Waals surface area contributed by atoms with Crippen molar-refractivity contribution < 1.29 is 9.21 Å². The Morgan fingerprint density at radius 1 is 1.11 bits per heavy atom. The molecule has 0 spiro atoms. The zero-order chi connectivity index (χ0) is 25.7. The van der Waals surface area contributed by atoms with Gasteiger partial charge in [-0.05, 0) is 56.6 Å². The fourth-order valence-electron chi connectivity index (χ4n) is 5.55. The quantitative estimate of drug-likeness (QED) is 0.317. The predicted molar refractivity (Wildman–Crippen MR) is 150 cm³/mol. The summed E-state index contributed by atoms with van der Waals surface area (Å²) in [7, 11) is 0. The maximum absolute atomic E-state index is 12.5. The van der Waals surface area contributed by atoms with Crippen LogP contribution in [0, 0.1) is 0 Å². The molecule has 0 saturated carbocycles. The number of hydrogen-bond acceptors (Lipinski definition) is 8. The van der Waals surface area contributed by atoms with Gasteiger partial charge >= 0.3 is 0 Å². The van der Waals surface area contributed by atoms with E-state index in [1.54, 1.807) is 29.7 Å². The van der Waals surface area contributed by atoms with Gasteiger partial charge in [-0.2, -0.15) is 0 Å². The lowest BCUT2D eigenvalue weighted by Gasteiger charge is -2.33. The topological polar surface area (TPSA) is 93.5 Å². The molecule has 1 amide bonds. The molecule has 1 atom stereocenters. The standard InChI is InChI=1S/C28H35N7O2S/c36-27(25-9-5-17-37-25)35-15-13-33(14-16-35)19-21-20-38-28(30-21)29-18-22-6-3-11-34(22)12-4-10-26-31-23-7-1-2-8-24(23)32-26/h1-2,5,7-9,17,20,22H,3-4,6,10-16,18-19H2,(H,29,30)(H,31,32)/t22-/m0/s1. The maximum Gasteiger partial charge on any atom is 0.289 e. The van der Waals surface area contributed by atoms with E-state index in [1.165, 1.54) is 19.4 Å². The Morgan fingerprint density at radius 3 is 2.84 bits per heavy atom. The van der Waals surface area contributed by atoms with Crippen molar-refractivity contribution in [2.45, 2.75) is 38.3 Å². The number of H-pyrrole nitrogens is 1. The van der Waals surface area contributed by atoms with Crippen LogP contribution in [-0.2, 0) is 13.0 Å². The van der Waals surface area contributed by atoms with Crippen LogP contribution in [0.15, 0.2) is 52.5 Å². The van der Waals surface area contributed by atoms with Crippen LogP contribution in [0.25, 0.3) is 11.0 Å². The number of nitrogens with zero attached hydrogens (tertiary/aromatic N) is 5. The molecule has 200 valence electrons. The number of aryl methyl sites for hydroxylation is 1. The molecule has 2 aliphatic rings. The first-order chi connectivity index (χ1) is 18.7. The molecule has 38 heavy (non-hydrogen) atoms. The van der Waals surface area contributed by atoms with E-state index in [1.807, 2.05) is 17.0 Å². The molecule has 0 unspecified atom stereocenters. The monoisotopic (exact) mass is 533 g/mol. The second-order valence-electron chi connectivity index (χ2n) is 10.2. The molecule has 2 saturated heterocycles. The summed E-state index contributed by atoms with van der Waals surface area (Å²) in [6, 6.07) is 12.3. The first-order valence-corrected chi connectivity index (χ1v) is 14.5. The highest BCUT2D eigenvalue weighted by atomic mass is 32.1. The number of carbonyl (C=O) groups excluding carboxylic acids is 1. The summed E-state index contributed by atoms with van der Waals surface area (Å²) < 4.78 is 5.26. The van der Waals surface area contributed by atoms with Gasteiger partial charge in [0.25, 0.3) is 5.91 Å². The third-order valence-corrected chi connectivity index (χ3v) is 8.46. The van der Waals surface area contributed by atoms with Gasteiger partial charge in [-0.25, -0.2) is 9.97 Å². The molecule has 0 bridgehead atoms. The summed E-state index contributed by atoms with van der Waals surface area (Å²) in [6.07, 6.45) is 6.13. The predicted octanol–water partition coefficient (Wildman–Crippen LogP) is 4.08. The Morgan fingerprint density at radius 2 is 2.00 bits per heavy atom. The summed E-state index contributed by atoms with van der Waals surface area (Å²) in [4.78, 5) is 32.3. The fourth-order valence-corrected chi connectivity index (χ4v) is 6.27. The molecule has 9 nitrogen and oxygen atoms in total. The number of piperazine rings is 1. The van der Waals surface area contributed by atoms with Gasteiger partial charge in [0.2, 0.25) is 0 Å². The molecule has 0 radical (unpaired) electrons. The molecular weight excluding hydrogens is 498 g/mol. The van der Waals surface area contributed by atoms with E-state index in [0.29, 0.717) is 24.9 Å². The molecule has 0 aliphatic carbocycles. The number of fused-ring (bicyclic) bond motifs is 1. The van der Waals surface area contributed by atoms with Crippen LogP contribution in [0.3, 0.4) is 0 Å². The van der Waals surface area contributed by atoms with Gasteiger partial charge in [0.15, 0.2) is 10.9 Å². The minimum atomic E-state index is -0.0229. The van der Waals surface area contributed by atoms with Crippen LogP contribution >= 0.6 is 11.3 Å². The van der Waals surface area contributed by atoms with Gasteiger partial charge in [0.05, 0.1) is 23.0 Å². The van der Waals surface area contributed by atoms with Gasteiger partial charge < -0.3 is 19.6 Å². The SMILES string of the molecule is O=C(c1ccco1)N1CCN(Cc2csc(NC[C@@H]3CCCN3CCCc3nc4ccccc4[nH]3)n2)CC1. The molecule has 3 aromatic heterocycles. The second-order valence-corrected chi connectivity index (χ2v) is 11.1. The lowest BCUT2D eigenvalue weighted by molar-refractivity contribution is 0.0596. The number of imidazole rings is 1. The van der Waals surface area contributed by atoms with E-state index in [9.17, 15) is 4.79 Å². The number of amides is 1. The highest BCUT2D eigenvalue weighted by Gasteiger charge is 2.25. The minimum Gasteiger partial charge on any atom is -0.459 e. The van der Waals surface area contributed by atoms with Crippen LogP contribution < -0.4 is 5.32 Å². The fraction of sp³-hybridized carbons (Fsp3) is 0.464. The smallest absolute Gasteiger partial charge is 0.289 e. The van der Waals surface area contributed by atoms with Crippen molar-refractivity contribution in [2.24, 2.45) is 0 Å². The normalized spacial score (nSPS) is 18.9. The molecule has 2 fully saturated rings. The number of nitrogens with one attached hydrogen (secondary N) is 2. The van der Waals surface area contributed by atoms with Crippen molar-refractivity contribution in [2.75, 3.05) is 51.1 Å². The number of para-hydroxylation sites is 2. The summed E-state index contributed by atoms with van der Waals surface area (Å²) in [5.41, 5.74) is 3.27. The van der Waals surface area contributed by atoms with Crippen molar-refractivity contribution in [3.8, 4) is 0 Å². The van der Waals surface area contributed by atoms with E-state index >= 15 is 0 Å². The number of thiazole rings is 1. The lowest BCUT2D eigenvalue weighted by atomic mass is 10.2. The lowest BCUT2D eigenvalue weighted by Crippen LogP contribution is -2.48. The average molecular weight is 534 g/mol. The van der Waals surface area contributed by atoms with Gasteiger partial charge in [0, 0.05) is 57.1 Å². The van der Waals surface area contributed by atoms with Crippen LogP contribution in [-0.4, -0.2) is 87.4 Å². The number of aromatic nitrogens is 3. The van der Waals surface area contributed by atoms with Crippen molar-refractivity contribution in [3.05, 3.63) is 65.3 Å². The van der Waals surface area contributed by atoms with E-state index in [2.05, 4.69) is 37.6 Å². The molecule has 2 N–H and O–H groups in total. The minimum absolute atomic E-state index is 0.0229. The van der Waals surface area contributed by atoms with Gasteiger partial charge in [0.1, 0.15) is 5.82 Å². The first kappa shape index (κ1) is 25.1. The third-order valence-electron chi connectivity index (χ3n) is 7.61. The third kappa shape index (κ3) is 5.92. The average Bonchev–Trinajstić information content (AvgIpc) is 3.75. The van der Waals surface area contributed by atoms with E-state index in [4.69, 9.17) is 14.4 Å². The summed E-state index contributed by atoms with van der Waals surface area (Å²) in [5.74, 6) is 1.48. The largest absolute Gasteiger partial charge is 0.459 e. The van der Waals surface area contributed by atoms with E-state index in [0.717, 1.165) is 73.2 Å². The maximum atomic E-state index is 12.5. The van der Waals surface area contributed by atoms with Crippen LogP contribution in [0.5, 0.6) is 0 Å². The second kappa shape index (κ2) is 11.7. The van der Waals surface area contributed by atoms with E-state index in [-0.39, 0.29) is 5.91 Å². The van der Waals surface area contributed by atoms with Crippen molar-refractivity contribution in [1.82, 2.24) is 29.7 Å². The molecule has 5 heterocycles. The zero-order valence-electron chi connectivity index (χ0n) is 21.6. The Labute approximate surface area is 226 Å². The molecule has 1 aromatic carbocycles. The zero-order valence-corrected chi connectivity index (χ0v) is 22.5. The first-order valence-electron chi connectivity index (χ1n) is 13.6. The van der Waals surface area contributed by atoms with Gasteiger partial charge in [-0.15, -0.1) is 11.3 Å². The molecule has 4 aromatic rings. The Kier molecular flexibility index (Phi) is 7.71. The number of aromatic amines is 1. The number of anilines is 1. The van der Waals surface area contributed by atoms with Crippen molar-refractivity contribution >= 4 is 33.4 Å². The Balaban J connectivity index is 0.923. The number of carbonyl (C=O) groups is 1. The number of hydrogen-bond donors (Lipinski definition) is 2. The molecule has 10 heteroatoms. The summed E-state index contributed by atoms with van der Waals surface area (Å²) in [6.45, 7) is 7.13. The van der Waals surface area contributed by atoms with Crippen LogP contribution in [0.2, 0.25) is 0 Å². The highest BCUT2D eigenvalue weighted by molar-refractivity contribution is 7.13. The Hall–Kier alpha value is -3.21. The summed E-state index contributed by atoms with van der Waals surface area (Å²) in [5, 5.41) is 6.76. The molecule has 2 aliphatic heterocycles.